The van der Waals surface area contributed by atoms with Crippen molar-refractivity contribution in [2.45, 2.75) is 19.3 Å². The zero-order chi connectivity index (χ0) is 15.2. The molecule has 2 N–H and O–H groups in total. The molecular formula is C11H15BrN2O5S. The highest BCUT2D eigenvalue weighted by Crippen LogP contribution is 2.30. The third-order valence-corrected chi connectivity index (χ3v) is 3.80. The van der Waals surface area contributed by atoms with Crippen LogP contribution in [0.15, 0.2) is 22.7 Å². The molecule has 0 aliphatic carbocycles. The van der Waals surface area contributed by atoms with E-state index in [0.29, 0.717) is 23.7 Å². The number of nitro benzene ring substituents is 1. The zero-order valence-corrected chi connectivity index (χ0v) is 13.0. The van der Waals surface area contributed by atoms with Crippen LogP contribution in [0.4, 0.5) is 5.69 Å². The number of primary sulfonamides is 1. The van der Waals surface area contributed by atoms with Gasteiger partial charge in [0.1, 0.15) is 0 Å². The third-order valence-electron chi connectivity index (χ3n) is 2.45. The maximum Gasteiger partial charge on any atom is 0.312 e. The first-order valence-corrected chi connectivity index (χ1v) is 8.37. The SMILES string of the molecule is NS(=O)(=O)CCCCCOc1ccc(Br)cc1[N+](=O)[O-]. The summed E-state index contributed by atoms with van der Waals surface area (Å²) in [6, 6.07) is 4.55. The minimum Gasteiger partial charge on any atom is -0.487 e. The molecule has 0 heterocycles. The molecule has 0 fully saturated rings. The molecule has 0 aromatic heterocycles. The minimum absolute atomic E-state index is 0.0641. The number of unbranched alkanes of at least 4 members (excludes halogenated alkanes) is 2. The Morgan fingerprint density at radius 2 is 2.00 bits per heavy atom. The predicted octanol–water partition coefficient (Wildman–Crippen LogP) is 2.19. The van der Waals surface area contributed by atoms with Gasteiger partial charge in [-0.15, -0.1) is 0 Å². The van der Waals surface area contributed by atoms with Crippen LogP contribution in [0.5, 0.6) is 5.75 Å². The van der Waals surface area contributed by atoms with Crippen molar-refractivity contribution < 1.29 is 18.1 Å². The van der Waals surface area contributed by atoms with Crippen LogP contribution < -0.4 is 9.88 Å². The predicted molar refractivity (Wildman–Crippen MR) is 78.1 cm³/mol. The van der Waals surface area contributed by atoms with Crippen LogP contribution in [0.1, 0.15) is 19.3 Å². The maximum atomic E-state index is 10.8. The van der Waals surface area contributed by atoms with Crippen molar-refractivity contribution >= 4 is 31.6 Å². The van der Waals surface area contributed by atoms with Gasteiger partial charge < -0.3 is 4.74 Å². The van der Waals surface area contributed by atoms with E-state index in [1.54, 1.807) is 6.07 Å². The van der Waals surface area contributed by atoms with Gasteiger partial charge in [0.05, 0.1) is 17.3 Å². The zero-order valence-electron chi connectivity index (χ0n) is 10.6. The van der Waals surface area contributed by atoms with Gasteiger partial charge in [-0.1, -0.05) is 15.9 Å². The Bertz CT molecular complexity index is 576. The van der Waals surface area contributed by atoms with Gasteiger partial charge in [0, 0.05) is 10.5 Å². The lowest BCUT2D eigenvalue weighted by Crippen LogP contribution is -2.16. The molecule has 7 nitrogen and oxygen atoms in total. The van der Waals surface area contributed by atoms with Crippen LogP contribution in [0.3, 0.4) is 0 Å². The van der Waals surface area contributed by atoms with Gasteiger partial charge in [0.15, 0.2) is 5.75 Å². The molecule has 0 amide bonds. The molecule has 0 saturated carbocycles. The maximum absolute atomic E-state index is 10.8. The standard InChI is InChI=1S/C11H15BrN2O5S/c12-9-4-5-11(10(8-9)14(15)16)19-6-2-1-3-7-20(13,17)18/h4-5,8H,1-3,6-7H2,(H2,13,17,18). The van der Waals surface area contributed by atoms with E-state index >= 15 is 0 Å². The molecular weight excluding hydrogens is 352 g/mol. The monoisotopic (exact) mass is 366 g/mol. The summed E-state index contributed by atoms with van der Waals surface area (Å²) in [5.74, 6) is 0.135. The van der Waals surface area contributed by atoms with E-state index in [1.807, 2.05) is 0 Å². The highest BCUT2D eigenvalue weighted by molar-refractivity contribution is 9.10. The second kappa shape index (κ2) is 7.55. The average Bonchev–Trinajstić information content (AvgIpc) is 2.33. The third kappa shape index (κ3) is 6.31. The number of hydrogen-bond acceptors (Lipinski definition) is 5. The largest absolute Gasteiger partial charge is 0.487 e. The Morgan fingerprint density at radius 3 is 2.60 bits per heavy atom. The van der Waals surface area contributed by atoms with Crippen molar-refractivity contribution in [1.29, 1.82) is 0 Å². The Balaban J connectivity index is 2.41. The van der Waals surface area contributed by atoms with E-state index in [1.165, 1.54) is 12.1 Å². The number of rotatable bonds is 8. The second-order valence-corrected chi connectivity index (χ2v) is 6.79. The molecule has 0 saturated heterocycles. The normalized spacial score (nSPS) is 11.3. The number of benzene rings is 1. The average molecular weight is 367 g/mol. The second-order valence-electron chi connectivity index (χ2n) is 4.15. The first-order chi connectivity index (χ1) is 9.29. The van der Waals surface area contributed by atoms with Crippen molar-refractivity contribution in [3.63, 3.8) is 0 Å². The van der Waals surface area contributed by atoms with Crippen LogP contribution in [0.2, 0.25) is 0 Å². The molecule has 0 aliphatic rings. The van der Waals surface area contributed by atoms with Gasteiger partial charge in [-0.05, 0) is 31.4 Å². The molecule has 0 radical (unpaired) electrons. The summed E-state index contributed by atoms with van der Waals surface area (Å²) in [4.78, 5) is 10.3. The summed E-state index contributed by atoms with van der Waals surface area (Å²) in [6.07, 6.45) is 1.67. The molecule has 0 atom stereocenters. The summed E-state index contributed by atoms with van der Waals surface area (Å²) >= 11 is 3.16. The van der Waals surface area contributed by atoms with E-state index in [0.717, 1.165) is 0 Å². The van der Waals surface area contributed by atoms with E-state index in [2.05, 4.69) is 15.9 Å². The molecule has 20 heavy (non-hydrogen) atoms. The lowest BCUT2D eigenvalue weighted by molar-refractivity contribution is -0.385. The molecule has 0 unspecified atom stereocenters. The van der Waals surface area contributed by atoms with Gasteiger partial charge in [-0.2, -0.15) is 0 Å². The molecule has 9 heteroatoms. The lowest BCUT2D eigenvalue weighted by Gasteiger charge is -2.06. The molecule has 1 aromatic rings. The van der Waals surface area contributed by atoms with Crippen molar-refractivity contribution in [2.75, 3.05) is 12.4 Å². The van der Waals surface area contributed by atoms with Crippen molar-refractivity contribution in [1.82, 2.24) is 0 Å². The van der Waals surface area contributed by atoms with E-state index in [9.17, 15) is 18.5 Å². The Kier molecular flexibility index (Phi) is 6.37. The fourth-order valence-electron chi connectivity index (χ4n) is 1.52. The minimum atomic E-state index is -3.42. The Labute approximate surface area is 125 Å². The summed E-state index contributed by atoms with van der Waals surface area (Å²) in [5, 5.41) is 15.7. The first-order valence-electron chi connectivity index (χ1n) is 5.87. The Morgan fingerprint density at radius 1 is 1.30 bits per heavy atom. The summed E-state index contributed by atoms with van der Waals surface area (Å²) < 4.78 is 27.4. The van der Waals surface area contributed by atoms with Crippen LogP contribution >= 0.6 is 15.9 Å². The van der Waals surface area contributed by atoms with Gasteiger partial charge in [0.25, 0.3) is 0 Å². The van der Waals surface area contributed by atoms with E-state index in [-0.39, 0.29) is 23.8 Å². The molecule has 0 aliphatic heterocycles. The number of halogens is 1. The van der Waals surface area contributed by atoms with Crippen LogP contribution in [0, 0.1) is 10.1 Å². The fraction of sp³-hybridized carbons (Fsp3) is 0.455. The van der Waals surface area contributed by atoms with Crippen molar-refractivity contribution in [3.8, 4) is 5.75 Å². The molecule has 0 spiro atoms. The fourth-order valence-corrected chi connectivity index (χ4v) is 2.47. The van der Waals surface area contributed by atoms with Gasteiger partial charge in [0.2, 0.25) is 10.0 Å². The molecule has 112 valence electrons. The lowest BCUT2D eigenvalue weighted by atomic mass is 10.2. The number of nitrogens with two attached hydrogens (primary N) is 1. The number of ether oxygens (including phenoxy) is 1. The summed E-state index contributed by atoms with van der Waals surface area (Å²) in [7, 11) is -3.42. The molecule has 1 aromatic carbocycles. The van der Waals surface area contributed by atoms with Crippen molar-refractivity contribution in [3.05, 3.63) is 32.8 Å². The quantitative estimate of drug-likeness (QED) is 0.430. The van der Waals surface area contributed by atoms with Crippen LogP contribution in [-0.2, 0) is 10.0 Å². The summed E-state index contributed by atoms with van der Waals surface area (Å²) in [6.45, 7) is 0.285. The molecule has 1 rings (SSSR count). The number of nitro groups is 1. The highest BCUT2D eigenvalue weighted by atomic mass is 79.9. The number of nitrogens with zero attached hydrogens (tertiary/aromatic N) is 1. The van der Waals surface area contributed by atoms with Crippen LogP contribution in [0.25, 0.3) is 0 Å². The van der Waals surface area contributed by atoms with Crippen LogP contribution in [-0.4, -0.2) is 25.7 Å². The van der Waals surface area contributed by atoms with E-state index < -0.39 is 14.9 Å². The van der Waals surface area contributed by atoms with Gasteiger partial charge in [-0.3, -0.25) is 10.1 Å². The smallest absolute Gasteiger partial charge is 0.312 e. The van der Waals surface area contributed by atoms with Gasteiger partial charge >= 0.3 is 5.69 Å². The highest BCUT2D eigenvalue weighted by Gasteiger charge is 2.15. The number of sulfonamides is 1. The van der Waals surface area contributed by atoms with E-state index in [4.69, 9.17) is 9.88 Å². The Hall–Kier alpha value is -1.19. The summed E-state index contributed by atoms with van der Waals surface area (Å²) in [5.41, 5.74) is -0.107. The molecule has 0 bridgehead atoms. The van der Waals surface area contributed by atoms with Gasteiger partial charge in [-0.25, -0.2) is 13.6 Å². The first kappa shape index (κ1) is 16.9. The van der Waals surface area contributed by atoms with Crippen molar-refractivity contribution in [2.24, 2.45) is 5.14 Å². The number of hydrogen-bond donors (Lipinski definition) is 1. The topological polar surface area (TPSA) is 113 Å².